The Hall–Kier alpha value is -2.62. The fourth-order valence-electron chi connectivity index (χ4n) is 3.65. The van der Waals surface area contributed by atoms with Gasteiger partial charge < -0.3 is 15.0 Å². The summed E-state index contributed by atoms with van der Waals surface area (Å²) in [6.07, 6.45) is 0.639. The fourth-order valence-corrected chi connectivity index (χ4v) is 4.83. The number of anilines is 1. The highest BCUT2D eigenvalue weighted by Gasteiger charge is 2.30. The molecular weight excluding hydrogens is 466 g/mol. The largest absolute Gasteiger partial charge is 0.444 e. The van der Waals surface area contributed by atoms with E-state index in [0.29, 0.717) is 42.7 Å². The number of primary sulfonamides is 1. The summed E-state index contributed by atoms with van der Waals surface area (Å²) in [6, 6.07) is 11.6. The van der Waals surface area contributed by atoms with Crippen LogP contribution in [0.5, 0.6) is 0 Å². The summed E-state index contributed by atoms with van der Waals surface area (Å²) in [5.74, 6) is -0.451. The van der Waals surface area contributed by atoms with Crippen molar-refractivity contribution in [2.45, 2.75) is 44.1 Å². The van der Waals surface area contributed by atoms with Gasteiger partial charge in [0.05, 0.1) is 5.02 Å². The molecule has 10 heteroatoms. The molecule has 0 aromatic heterocycles. The van der Waals surface area contributed by atoms with E-state index >= 15 is 0 Å². The number of piperidine rings is 1. The minimum atomic E-state index is -4.00. The van der Waals surface area contributed by atoms with Crippen LogP contribution in [0.15, 0.2) is 47.4 Å². The van der Waals surface area contributed by atoms with Crippen molar-refractivity contribution in [3.8, 4) is 11.1 Å². The van der Waals surface area contributed by atoms with Gasteiger partial charge in [-0.05, 0) is 45.7 Å². The van der Waals surface area contributed by atoms with Crippen LogP contribution in [0.3, 0.4) is 0 Å². The maximum Gasteiger partial charge on any atom is 0.410 e. The monoisotopic (exact) mass is 493 g/mol. The number of likely N-dealkylation sites (tertiary alicyclic amines) is 1. The molecular formula is C23H28ClN3O5S. The van der Waals surface area contributed by atoms with Crippen LogP contribution in [0.25, 0.3) is 11.1 Å². The number of nitrogens with one attached hydrogen (secondary N) is 1. The van der Waals surface area contributed by atoms with Gasteiger partial charge in [-0.25, -0.2) is 18.4 Å². The average Bonchev–Trinajstić information content (AvgIpc) is 2.72. The van der Waals surface area contributed by atoms with E-state index in [1.54, 1.807) is 41.3 Å². The molecule has 178 valence electrons. The highest BCUT2D eigenvalue weighted by atomic mass is 35.5. The summed E-state index contributed by atoms with van der Waals surface area (Å²) in [5.41, 5.74) is 0.952. The van der Waals surface area contributed by atoms with Gasteiger partial charge in [-0.15, -0.1) is 0 Å². The second-order valence-corrected chi connectivity index (χ2v) is 10.8. The molecule has 0 aliphatic carbocycles. The van der Waals surface area contributed by atoms with Crippen molar-refractivity contribution in [3.63, 3.8) is 0 Å². The van der Waals surface area contributed by atoms with Crippen LogP contribution in [-0.2, 0) is 19.6 Å². The molecule has 3 rings (SSSR count). The van der Waals surface area contributed by atoms with Gasteiger partial charge in [0.1, 0.15) is 10.5 Å². The molecule has 3 N–H and O–H groups in total. The zero-order valence-corrected chi connectivity index (χ0v) is 20.4. The van der Waals surface area contributed by atoms with Crippen molar-refractivity contribution in [3.05, 3.63) is 47.5 Å². The molecule has 1 fully saturated rings. The predicted molar refractivity (Wildman–Crippen MR) is 127 cm³/mol. The first-order valence-corrected chi connectivity index (χ1v) is 12.5. The molecule has 8 nitrogen and oxygen atoms in total. The minimum absolute atomic E-state index is 0.00707. The SMILES string of the molecule is CC(C)(C)OC(=O)N1CCC(C(=O)Nc2ccccc2-c2cccc(S(N)(=O)=O)c2Cl)CC1. The Kier molecular flexibility index (Phi) is 7.36. The number of amides is 2. The number of ether oxygens (including phenoxy) is 1. The maximum absolute atomic E-state index is 13.0. The Morgan fingerprint density at radius 3 is 2.27 bits per heavy atom. The lowest BCUT2D eigenvalue weighted by Crippen LogP contribution is -2.43. The van der Waals surface area contributed by atoms with E-state index in [4.69, 9.17) is 21.5 Å². The number of carbonyl (C=O) groups is 2. The predicted octanol–water partition coefficient (Wildman–Crippen LogP) is 4.24. The summed E-state index contributed by atoms with van der Waals surface area (Å²) in [7, 11) is -4.00. The first kappa shape index (κ1) is 25.0. The number of halogens is 1. The number of carbonyl (C=O) groups excluding carboxylic acids is 2. The summed E-state index contributed by atoms with van der Waals surface area (Å²) >= 11 is 6.36. The molecule has 2 aromatic carbocycles. The quantitative estimate of drug-likeness (QED) is 0.660. The highest BCUT2D eigenvalue weighted by molar-refractivity contribution is 7.89. The number of rotatable bonds is 4. The summed E-state index contributed by atoms with van der Waals surface area (Å²) in [5, 5.41) is 8.19. The lowest BCUT2D eigenvalue weighted by atomic mass is 9.95. The third kappa shape index (κ3) is 6.25. The van der Waals surface area contributed by atoms with Gasteiger partial charge in [0.25, 0.3) is 0 Å². The van der Waals surface area contributed by atoms with Crippen molar-refractivity contribution >= 4 is 39.3 Å². The number of hydrogen-bond donors (Lipinski definition) is 2. The topological polar surface area (TPSA) is 119 Å². The molecule has 2 aromatic rings. The number of nitrogens with two attached hydrogens (primary N) is 1. The third-order valence-electron chi connectivity index (χ3n) is 5.26. The van der Waals surface area contributed by atoms with Crippen LogP contribution in [-0.4, -0.2) is 44.0 Å². The fraction of sp³-hybridized carbons (Fsp3) is 0.391. The minimum Gasteiger partial charge on any atom is -0.444 e. The van der Waals surface area contributed by atoms with Crippen molar-refractivity contribution in [2.75, 3.05) is 18.4 Å². The summed E-state index contributed by atoms with van der Waals surface area (Å²) in [6.45, 7) is 6.29. The van der Waals surface area contributed by atoms with Crippen LogP contribution in [0.2, 0.25) is 5.02 Å². The lowest BCUT2D eigenvalue weighted by molar-refractivity contribution is -0.121. The molecule has 0 radical (unpaired) electrons. The molecule has 1 saturated heterocycles. The van der Waals surface area contributed by atoms with E-state index in [1.165, 1.54) is 6.07 Å². The number of nitrogens with zero attached hydrogens (tertiary/aromatic N) is 1. The molecule has 1 aliphatic heterocycles. The Labute approximate surface area is 199 Å². The molecule has 0 atom stereocenters. The van der Waals surface area contributed by atoms with Gasteiger partial charge in [-0.3, -0.25) is 4.79 Å². The zero-order chi connectivity index (χ0) is 24.4. The van der Waals surface area contributed by atoms with Gasteiger partial charge in [0.2, 0.25) is 15.9 Å². The van der Waals surface area contributed by atoms with E-state index in [9.17, 15) is 18.0 Å². The Morgan fingerprint density at radius 2 is 1.67 bits per heavy atom. The molecule has 33 heavy (non-hydrogen) atoms. The van der Waals surface area contributed by atoms with Crippen molar-refractivity contribution in [2.24, 2.45) is 11.1 Å². The number of sulfonamides is 1. The standard InChI is InChI=1S/C23H28ClN3O5S/c1-23(2,3)32-22(29)27-13-11-15(12-14-27)21(28)26-18-9-5-4-7-16(18)17-8-6-10-19(20(17)24)33(25,30)31/h4-10,15H,11-14H2,1-3H3,(H,26,28)(H2,25,30,31). The second kappa shape index (κ2) is 9.70. The van der Waals surface area contributed by atoms with Crippen LogP contribution >= 0.6 is 11.6 Å². The number of hydrogen-bond acceptors (Lipinski definition) is 5. The first-order chi connectivity index (χ1) is 15.4. The van der Waals surface area contributed by atoms with Gasteiger partial charge in [0, 0.05) is 35.8 Å². The Bertz CT molecular complexity index is 1150. The van der Waals surface area contributed by atoms with Gasteiger partial charge in [-0.1, -0.05) is 41.9 Å². The van der Waals surface area contributed by atoms with Crippen LogP contribution < -0.4 is 10.5 Å². The molecule has 0 saturated carbocycles. The molecule has 0 unspecified atom stereocenters. The van der Waals surface area contributed by atoms with Crippen LogP contribution in [0.1, 0.15) is 33.6 Å². The second-order valence-electron chi connectivity index (χ2n) is 8.94. The van der Waals surface area contributed by atoms with Crippen molar-refractivity contribution in [1.29, 1.82) is 0 Å². The van der Waals surface area contributed by atoms with E-state index in [1.807, 2.05) is 20.8 Å². The van der Waals surface area contributed by atoms with Crippen LogP contribution in [0.4, 0.5) is 10.5 Å². The van der Waals surface area contributed by atoms with Crippen LogP contribution in [0, 0.1) is 5.92 Å². The maximum atomic E-state index is 13.0. The number of para-hydroxylation sites is 1. The molecule has 0 spiro atoms. The summed E-state index contributed by atoms with van der Waals surface area (Å²) < 4.78 is 29.1. The van der Waals surface area contributed by atoms with E-state index in [0.717, 1.165) is 0 Å². The average molecular weight is 494 g/mol. The Morgan fingerprint density at radius 1 is 1.06 bits per heavy atom. The smallest absolute Gasteiger partial charge is 0.410 e. The van der Waals surface area contributed by atoms with Crippen molar-refractivity contribution in [1.82, 2.24) is 4.90 Å². The van der Waals surface area contributed by atoms with Gasteiger partial charge in [-0.2, -0.15) is 0 Å². The Balaban J connectivity index is 1.74. The van der Waals surface area contributed by atoms with E-state index < -0.39 is 15.6 Å². The lowest BCUT2D eigenvalue weighted by Gasteiger charge is -2.33. The van der Waals surface area contributed by atoms with Gasteiger partial charge in [0.15, 0.2) is 0 Å². The van der Waals surface area contributed by atoms with Gasteiger partial charge >= 0.3 is 6.09 Å². The molecule has 1 aliphatic rings. The molecule has 1 heterocycles. The molecule has 2 amide bonds. The van der Waals surface area contributed by atoms with E-state index in [2.05, 4.69) is 5.32 Å². The van der Waals surface area contributed by atoms with Crippen molar-refractivity contribution < 1.29 is 22.7 Å². The normalized spacial score (nSPS) is 15.2. The third-order valence-corrected chi connectivity index (χ3v) is 6.73. The number of benzene rings is 2. The first-order valence-electron chi connectivity index (χ1n) is 10.6. The molecule has 0 bridgehead atoms. The van der Waals surface area contributed by atoms with E-state index in [-0.39, 0.29) is 27.8 Å². The summed E-state index contributed by atoms with van der Waals surface area (Å²) in [4.78, 5) is 26.7. The zero-order valence-electron chi connectivity index (χ0n) is 18.8. The highest BCUT2D eigenvalue weighted by Crippen LogP contribution is 2.37.